The number of amides is 1. The maximum Gasteiger partial charge on any atom is 0.225 e. The predicted molar refractivity (Wildman–Crippen MR) is 73.6 cm³/mol. The van der Waals surface area contributed by atoms with Crippen LogP contribution >= 0.6 is 0 Å². The fourth-order valence-corrected chi connectivity index (χ4v) is 3.50. The minimum Gasteiger partial charge on any atom is -0.350 e. The third-order valence-electron chi connectivity index (χ3n) is 4.18. The average molecular weight is 259 g/mol. The van der Waals surface area contributed by atoms with Crippen molar-refractivity contribution in [1.82, 2.24) is 4.90 Å². The number of hydrogen-bond donors (Lipinski definition) is 0. The molecule has 3 rings (SSSR count). The van der Waals surface area contributed by atoms with E-state index >= 15 is 0 Å². The summed E-state index contributed by atoms with van der Waals surface area (Å²) >= 11 is 0. The Morgan fingerprint density at radius 3 is 2.89 bits per heavy atom. The van der Waals surface area contributed by atoms with E-state index in [1.54, 1.807) is 0 Å². The Kier molecular flexibility index (Phi) is 2.90. The second-order valence-corrected chi connectivity index (χ2v) is 5.96. The van der Waals surface area contributed by atoms with E-state index in [2.05, 4.69) is 24.3 Å². The summed E-state index contributed by atoms with van der Waals surface area (Å²) in [7, 11) is 0. The molecule has 3 nitrogen and oxygen atoms in total. The van der Waals surface area contributed by atoms with Crippen molar-refractivity contribution < 1.29 is 9.53 Å². The molecular weight excluding hydrogens is 238 g/mol. The lowest BCUT2D eigenvalue weighted by molar-refractivity contribution is -0.147. The molecule has 1 aliphatic heterocycles. The minimum atomic E-state index is -0.491. The van der Waals surface area contributed by atoms with Crippen LogP contribution in [-0.2, 0) is 16.0 Å². The molecule has 1 fully saturated rings. The zero-order valence-corrected chi connectivity index (χ0v) is 11.8. The normalized spacial score (nSPS) is 27.2. The molecule has 2 atom stereocenters. The van der Waals surface area contributed by atoms with E-state index in [9.17, 15) is 4.79 Å². The topological polar surface area (TPSA) is 29.5 Å². The van der Waals surface area contributed by atoms with Gasteiger partial charge in [-0.1, -0.05) is 31.2 Å². The standard InChI is InChI=1S/C16H21NO2/c1-4-7-14(18)17-15-12-9-6-5-8-11(12)10-13(15)19-16(17,2)3/h5-6,8-9,13,15H,4,7,10H2,1-3H3/t13-,15+/m1/s1. The average Bonchev–Trinajstić information content (AvgIpc) is 2.79. The zero-order chi connectivity index (χ0) is 13.6. The molecule has 1 aliphatic carbocycles. The zero-order valence-electron chi connectivity index (χ0n) is 11.8. The fourth-order valence-electron chi connectivity index (χ4n) is 3.50. The van der Waals surface area contributed by atoms with Crippen molar-refractivity contribution in [2.75, 3.05) is 0 Å². The first kappa shape index (κ1) is 12.7. The first-order chi connectivity index (χ1) is 9.04. The van der Waals surface area contributed by atoms with Crippen LogP contribution in [0, 0.1) is 0 Å². The van der Waals surface area contributed by atoms with Crippen molar-refractivity contribution >= 4 is 5.91 Å². The van der Waals surface area contributed by atoms with Gasteiger partial charge in [-0.15, -0.1) is 0 Å². The number of rotatable bonds is 2. The molecule has 1 saturated heterocycles. The minimum absolute atomic E-state index is 0.102. The van der Waals surface area contributed by atoms with Gasteiger partial charge in [0, 0.05) is 12.8 Å². The van der Waals surface area contributed by atoms with Gasteiger partial charge in [0.2, 0.25) is 5.91 Å². The Hall–Kier alpha value is -1.35. The van der Waals surface area contributed by atoms with Crippen LogP contribution in [0.4, 0.5) is 0 Å². The van der Waals surface area contributed by atoms with Crippen LogP contribution in [0.1, 0.15) is 50.8 Å². The monoisotopic (exact) mass is 259 g/mol. The van der Waals surface area contributed by atoms with Gasteiger partial charge in [0.25, 0.3) is 0 Å². The summed E-state index contributed by atoms with van der Waals surface area (Å²) < 4.78 is 6.14. The van der Waals surface area contributed by atoms with Gasteiger partial charge in [-0.2, -0.15) is 0 Å². The highest BCUT2D eigenvalue weighted by Crippen LogP contribution is 2.48. The number of nitrogens with zero attached hydrogens (tertiary/aromatic N) is 1. The highest BCUT2D eigenvalue weighted by Gasteiger charge is 2.53. The van der Waals surface area contributed by atoms with E-state index in [0.717, 1.165) is 12.8 Å². The SMILES string of the molecule is CCCC(=O)N1[C@H]2c3ccccc3C[C@H]2OC1(C)C. The molecule has 3 heteroatoms. The molecule has 0 unspecified atom stereocenters. The molecule has 1 aromatic carbocycles. The number of carbonyl (C=O) groups is 1. The van der Waals surface area contributed by atoms with Gasteiger partial charge in [0.05, 0.1) is 12.1 Å². The van der Waals surface area contributed by atoms with E-state index in [1.807, 2.05) is 25.7 Å². The smallest absolute Gasteiger partial charge is 0.225 e. The molecule has 0 bridgehead atoms. The summed E-state index contributed by atoms with van der Waals surface area (Å²) in [6.45, 7) is 6.05. The first-order valence-electron chi connectivity index (χ1n) is 7.12. The lowest BCUT2D eigenvalue weighted by Gasteiger charge is -2.34. The molecule has 2 aliphatic rings. The highest BCUT2D eigenvalue weighted by molar-refractivity contribution is 5.78. The highest BCUT2D eigenvalue weighted by atomic mass is 16.5. The van der Waals surface area contributed by atoms with Crippen LogP contribution in [0.15, 0.2) is 24.3 Å². The predicted octanol–water partition coefficient (Wildman–Crippen LogP) is 3.05. The summed E-state index contributed by atoms with van der Waals surface area (Å²) in [6.07, 6.45) is 2.51. The van der Waals surface area contributed by atoms with Gasteiger partial charge >= 0.3 is 0 Å². The van der Waals surface area contributed by atoms with Gasteiger partial charge in [0.15, 0.2) is 0 Å². The third kappa shape index (κ3) is 1.88. The number of fused-ring (bicyclic) bond motifs is 3. The van der Waals surface area contributed by atoms with Crippen molar-refractivity contribution in [3.63, 3.8) is 0 Å². The van der Waals surface area contributed by atoms with Crippen molar-refractivity contribution in [1.29, 1.82) is 0 Å². The summed E-state index contributed by atoms with van der Waals surface area (Å²) in [5.41, 5.74) is 2.10. The lowest BCUT2D eigenvalue weighted by Crippen LogP contribution is -2.44. The maximum absolute atomic E-state index is 12.5. The number of ether oxygens (including phenoxy) is 1. The largest absolute Gasteiger partial charge is 0.350 e. The van der Waals surface area contributed by atoms with Crippen molar-refractivity contribution in [2.24, 2.45) is 0 Å². The fraction of sp³-hybridized carbons (Fsp3) is 0.562. The maximum atomic E-state index is 12.5. The Labute approximate surface area is 114 Å². The van der Waals surface area contributed by atoms with Crippen LogP contribution in [0.5, 0.6) is 0 Å². The van der Waals surface area contributed by atoms with Gasteiger partial charge in [0.1, 0.15) is 5.72 Å². The number of benzene rings is 1. The van der Waals surface area contributed by atoms with Gasteiger partial charge in [-0.05, 0) is 31.4 Å². The molecule has 0 radical (unpaired) electrons. The van der Waals surface area contributed by atoms with Gasteiger partial charge < -0.3 is 9.64 Å². The molecule has 1 heterocycles. The molecule has 102 valence electrons. The van der Waals surface area contributed by atoms with Crippen LogP contribution in [-0.4, -0.2) is 22.6 Å². The van der Waals surface area contributed by atoms with Crippen LogP contribution < -0.4 is 0 Å². The van der Waals surface area contributed by atoms with E-state index in [-0.39, 0.29) is 18.1 Å². The Morgan fingerprint density at radius 1 is 1.42 bits per heavy atom. The summed E-state index contributed by atoms with van der Waals surface area (Å²) in [5, 5.41) is 0. The Balaban J connectivity index is 2.00. The lowest BCUT2D eigenvalue weighted by atomic mass is 10.0. The molecular formula is C16H21NO2. The van der Waals surface area contributed by atoms with Gasteiger partial charge in [-0.25, -0.2) is 0 Å². The molecule has 0 aromatic heterocycles. The van der Waals surface area contributed by atoms with Gasteiger partial charge in [-0.3, -0.25) is 4.79 Å². The second-order valence-electron chi connectivity index (χ2n) is 5.96. The van der Waals surface area contributed by atoms with Crippen LogP contribution in [0.2, 0.25) is 0 Å². The number of carbonyl (C=O) groups excluding carboxylic acids is 1. The molecule has 1 aromatic rings. The van der Waals surface area contributed by atoms with E-state index in [0.29, 0.717) is 6.42 Å². The molecule has 0 saturated carbocycles. The quantitative estimate of drug-likeness (QED) is 0.817. The molecule has 0 N–H and O–H groups in total. The molecule has 0 spiro atoms. The van der Waals surface area contributed by atoms with Crippen LogP contribution in [0.25, 0.3) is 0 Å². The number of hydrogen-bond acceptors (Lipinski definition) is 2. The molecule has 1 amide bonds. The Bertz CT molecular complexity index is 509. The van der Waals surface area contributed by atoms with Crippen molar-refractivity contribution in [3.05, 3.63) is 35.4 Å². The summed E-state index contributed by atoms with van der Waals surface area (Å²) in [6, 6.07) is 8.49. The Morgan fingerprint density at radius 2 is 2.16 bits per heavy atom. The van der Waals surface area contributed by atoms with Crippen molar-refractivity contribution in [2.45, 2.75) is 57.9 Å². The second kappa shape index (κ2) is 4.34. The van der Waals surface area contributed by atoms with Crippen LogP contribution in [0.3, 0.4) is 0 Å². The third-order valence-corrected chi connectivity index (χ3v) is 4.18. The van der Waals surface area contributed by atoms with Crippen molar-refractivity contribution in [3.8, 4) is 0 Å². The summed E-state index contributed by atoms with van der Waals surface area (Å²) in [5.74, 6) is 0.205. The first-order valence-corrected chi connectivity index (χ1v) is 7.12. The van der Waals surface area contributed by atoms with E-state index in [4.69, 9.17) is 4.74 Å². The van der Waals surface area contributed by atoms with E-state index < -0.39 is 5.72 Å². The summed E-state index contributed by atoms with van der Waals surface area (Å²) in [4.78, 5) is 14.4. The van der Waals surface area contributed by atoms with E-state index in [1.165, 1.54) is 11.1 Å². The molecule has 19 heavy (non-hydrogen) atoms.